The maximum absolute atomic E-state index is 5.30. The topological polar surface area (TPSA) is 14.2 Å². The third-order valence-electron chi connectivity index (χ3n) is 5.72. The van der Waals surface area contributed by atoms with Gasteiger partial charge in [0.1, 0.15) is 5.75 Å². The summed E-state index contributed by atoms with van der Waals surface area (Å²) in [6, 6.07) is 15.2. The summed E-state index contributed by atoms with van der Waals surface area (Å²) >= 11 is 0. The Hall–Kier alpha value is -3.00. The van der Waals surface area contributed by atoms with E-state index in [1.54, 1.807) is 7.11 Å². The largest absolute Gasteiger partial charge is 0.497 e. The summed E-state index contributed by atoms with van der Waals surface area (Å²) in [6.07, 6.45) is 5.28. The van der Waals surface area contributed by atoms with Crippen LogP contribution in [0.3, 0.4) is 0 Å². The number of methoxy groups -OCH3 is 1. The molecule has 3 aromatic rings. The van der Waals surface area contributed by atoms with Gasteiger partial charge in [0.25, 0.3) is 0 Å². The zero-order valence-corrected chi connectivity index (χ0v) is 18.3. The Labute approximate surface area is 174 Å². The summed E-state index contributed by atoms with van der Waals surface area (Å²) in [7, 11) is 1.69. The first-order chi connectivity index (χ1) is 13.9. The third kappa shape index (κ3) is 3.93. The minimum Gasteiger partial charge on any atom is -0.497 e. The Morgan fingerprint density at radius 2 is 1.79 bits per heavy atom. The molecule has 0 saturated heterocycles. The van der Waals surface area contributed by atoms with E-state index in [1.807, 2.05) is 18.2 Å². The van der Waals surface area contributed by atoms with E-state index in [0.717, 1.165) is 17.7 Å². The Balaban J connectivity index is 2.27. The van der Waals surface area contributed by atoms with E-state index in [0.29, 0.717) is 0 Å². The lowest BCUT2D eigenvalue weighted by Gasteiger charge is -2.14. The first kappa shape index (κ1) is 20.7. The van der Waals surface area contributed by atoms with Gasteiger partial charge < -0.3 is 9.30 Å². The summed E-state index contributed by atoms with van der Waals surface area (Å²) < 4.78 is 7.67. The smallest absolute Gasteiger partial charge is 0.118 e. The highest BCUT2D eigenvalue weighted by Gasteiger charge is 2.16. The molecule has 0 amide bonds. The molecule has 0 aliphatic carbocycles. The maximum Gasteiger partial charge on any atom is 0.118 e. The Morgan fingerprint density at radius 1 is 1.14 bits per heavy atom. The zero-order valence-electron chi connectivity index (χ0n) is 18.3. The molecular weight excluding hydrogens is 354 g/mol. The predicted octanol–water partition coefficient (Wildman–Crippen LogP) is 7.74. The molecule has 2 heteroatoms. The molecule has 1 unspecified atom stereocenters. The molecule has 0 spiro atoms. The summed E-state index contributed by atoms with van der Waals surface area (Å²) in [5, 5.41) is 1.26. The second-order valence-electron chi connectivity index (χ2n) is 7.61. The average Bonchev–Trinajstić information content (AvgIpc) is 3.01. The van der Waals surface area contributed by atoms with Crippen molar-refractivity contribution < 1.29 is 4.74 Å². The quantitative estimate of drug-likeness (QED) is 0.300. The van der Waals surface area contributed by atoms with Gasteiger partial charge in [-0.3, -0.25) is 0 Å². The van der Waals surface area contributed by atoms with Crippen LogP contribution in [0.15, 0.2) is 72.8 Å². The normalized spacial score (nSPS) is 12.8. The van der Waals surface area contributed by atoms with E-state index >= 15 is 0 Å². The van der Waals surface area contributed by atoms with Gasteiger partial charge in [-0.25, -0.2) is 0 Å². The number of ether oxygens (including phenoxy) is 1. The van der Waals surface area contributed by atoms with Crippen LogP contribution in [0.4, 0.5) is 0 Å². The first-order valence-corrected chi connectivity index (χ1v) is 10.2. The van der Waals surface area contributed by atoms with Gasteiger partial charge in [-0.2, -0.15) is 0 Å². The molecule has 0 bridgehead atoms. The van der Waals surface area contributed by atoms with Gasteiger partial charge in [-0.1, -0.05) is 43.4 Å². The molecule has 3 rings (SSSR count). The number of aromatic nitrogens is 1. The molecule has 0 fully saturated rings. The molecule has 0 aliphatic heterocycles. The Morgan fingerprint density at radius 3 is 2.34 bits per heavy atom. The van der Waals surface area contributed by atoms with E-state index in [9.17, 15) is 0 Å². The van der Waals surface area contributed by atoms with Crippen molar-refractivity contribution in [1.82, 2.24) is 4.57 Å². The highest BCUT2D eigenvalue weighted by atomic mass is 16.5. The number of benzene rings is 2. The second kappa shape index (κ2) is 8.57. The van der Waals surface area contributed by atoms with E-state index in [-0.39, 0.29) is 6.04 Å². The highest BCUT2D eigenvalue weighted by molar-refractivity contribution is 5.95. The number of allylic oxidation sites excluding steroid dienone is 3. The van der Waals surface area contributed by atoms with Crippen molar-refractivity contribution in [2.45, 2.75) is 40.2 Å². The summed E-state index contributed by atoms with van der Waals surface area (Å²) in [5.74, 6) is 0.870. The molecule has 29 heavy (non-hydrogen) atoms. The van der Waals surface area contributed by atoms with Crippen molar-refractivity contribution in [3.8, 4) is 16.9 Å². The highest BCUT2D eigenvalue weighted by Crippen LogP contribution is 2.35. The minimum atomic E-state index is 0.224. The summed E-state index contributed by atoms with van der Waals surface area (Å²) in [6.45, 7) is 16.8. The van der Waals surface area contributed by atoms with E-state index in [2.05, 4.69) is 81.8 Å². The van der Waals surface area contributed by atoms with Crippen LogP contribution in [0.25, 0.3) is 28.1 Å². The molecule has 0 radical (unpaired) electrons. The number of fused-ring (bicyclic) bond motifs is 1. The maximum atomic E-state index is 5.30. The van der Waals surface area contributed by atoms with Gasteiger partial charge in [0.2, 0.25) is 0 Å². The molecule has 1 heterocycles. The monoisotopic (exact) mass is 385 g/mol. The van der Waals surface area contributed by atoms with Gasteiger partial charge in [0, 0.05) is 28.2 Å². The van der Waals surface area contributed by atoms with E-state index in [4.69, 9.17) is 4.74 Å². The molecule has 0 N–H and O–H groups in total. The fourth-order valence-electron chi connectivity index (χ4n) is 3.94. The Kier molecular flexibility index (Phi) is 6.12. The van der Waals surface area contributed by atoms with Crippen molar-refractivity contribution in [2.24, 2.45) is 0 Å². The van der Waals surface area contributed by atoms with Crippen LogP contribution in [0.5, 0.6) is 5.75 Å². The van der Waals surface area contributed by atoms with Crippen LogP contribution < -0.4 is 4.74 Å². The summed E-state index contributed by atoms with van der Waals surface area (Å²) in [4.78, 5) is 0. The van der Waals surface area contributed by atoms with Gasteiger partial charge in [-0.05, 0) is 74.2 Å². The molecule has 0 saturated carbocycles. The van der Waals surface area contributed by atoms with E-state index < -0.39 is 0 Å². The van der Waals surface area contributed by atoms with Gasteiger partial charge in [0.15, 0.2) is 0 Å². The van der Waals surface area contributed by atoms with Crippen LogP contribution in [0.1, 0.15) is 44.5 Å². The van der Waals surface area contributed by atoms with Crippen molar-refractivity contribution in [3.63, 3.8) is 0 Å². The molecule has 2 aromatic carbocycles. The molecule has 2 nitrogen and oxygen atoms in total. The predicted molar refractivity (Wildman–Crippen MR) is 127 cm³/mol. The van der Waals surface area contributed by atoms with Crippen LogP contribution in [-0.4, -0.2) is 11.7 Å². The van der Waals surface area contributed by atoms with Crippen molar-refractivity contribution >= 4 is 17.0 Å². The van der Waals surface area contributed by atoms with Gasteiger partial charge in [0.05, 0.1) is 7.11 Å². The SMILES string of the molecule is C=CC(C)n1c(C)c(/C=C(\CC)C(=C)C)c2cc(-c3ccc(OC)cc3)ccc21. The van der Waals surface area contributed by atoms with Crippen LogP contribution in [0.2, 0.25) is 0 Å². The standard InChI is InChI=1S/C27H31NO/c1-8-19(5)28-20(6)25(16-21(9-2)18(3)4)26-17-23(12-15-27(26)28)22-10-13-24(29-7)14-11-22/h8,10-17,19H,1,3,9H2,2,4-7H3/b21-16+. The van der Waals surface area contributed by atoms with Gasteiger partial charge in [-0.15, -0.1) is 6.58 Å². The lowest BCUT2D eigenvalue weighted by molar-refractivity contribution is 0.415. The Bertz CT molecular complexity index is 1080. The summed E-state index contributed by atoms with van der Waals surface area (Å²) in [5.41, 5.74) is 8.54. The van der Waals surface area contributed by atoms with Crippen molar-refractivity contribution in [3.05, 3.63) is 84.1 Å². The van der Waals surface area contributed by atoms with Crippen molar-refractivity contribution in [1.29, 1.82) is 0 Å². The second-order valence-corrected chi connectivity index (χ2v) is 7.61. The molecule has 0 aliphatic rings. The number of hydrogen-bond acceptors (Lipinski definition) is 1. The number of rotatable bonds is 7. The zero-order chi connectivity index (χ0) is 21.1. The lowest BCUT2D eigenvalue weighted by atomic mass is 9.99. The molecule has 150 valence electrons. The molecular formula is C27H31NO. The lowest BCUT2D eigenvalue weighted by Crippen LogP contribution is -2.03. The van der Waals surface area contributed by atoms with Crippen LogP contribution in [-0.2, 0) is 0 Å². The van der Waals surface area contributed by atoms with Crippen molar-refractivity contribution in [2.75, 3.05) is 7.11 Å². The first-order valence-electron chi connectivity index (χ1n) is 10.2. The van der Waals surface area contributed by atoms with Crippen LogP contribution >= 0.6 is 0 Å². The number of hydrogen-bond donors (Lipinski definition) is 0. The van der Waals surface area contributed by atoms with Gasteiger partial charge >= 0.3 is 0 Å². The third-order valence-corrected chi connectivity index (χ3v) is 5.72. The fraction of sp³-hybridized carbons (Fsp3) is 0.259. The molecule has 1 aromatic heterocycles. The number of nitrogens with zero attached hydrogens (tertiary/aromatic N) is 1. The fourth-order valence-corrected chi connectivity index (χ4v) is 3.94. The van der Waals surface area contributed by atoms with E-state index in [1.165, 1.54) is 38.9 Å². The molecule has 1 atom stereocenters. The minimum absolute atomic E-state index is 0.224. The average molecular weight is 386 g/mol. The van der Waals surface area contributed by atoms with Crippen LogP contribution in [0, 0.1) is 6.92 Å².